The van der Waals surface area contributed by atoms with Gasteiger partial charge in [0, 0.05) is 17.3 Å². The van der Waals surface area contributed by atoms with Crippen LogP contribution in [0, 0.1) is 6.92 Å². The maximum atomic E-state index is 12.4. The molecule has 0 aliphatic heterocycles. The fourth-order valence-electron chi connectivity index (χ4n) is 2.66. The van der Waals surface area contributed by atoms with Gasteiger partial charge in [-0.25, -0.2) is 4.79 Å². The third kappa shape index (κ3) is 3.35. The molecule has 0 radical (unpaired) electrons. The van der Waals surface area contributed by atoms with E-state index in [1.165, 1.54) is 18.3 Å². The highest BCUT2D eigenvalue weighted by Gasteiger charge is 2.17. The summed E-state index contributed by atoms with van der Waals surface area (Å²) in [7, 11) is 0. The van der Waals surface area contributed by atoms with Crippen molar-refractivity contribution < 1.29 is 19.4 Å². The normalized spacial score (nSPS) is 10.5. The Bertz CT molecular complexity index is 998. The van der Waals surface area contributed by atoms with Crippen LogP contribution in [0.25, 0.3) is 10.9 Å². The number of aromatic nitrogens is 1. The van der Waals surface area contributed by atoms with Crippen molar-refractivity contribution in [2.45, 2.75) is 13.8 Å². The highest BCUT2D eigenvalue weighted by molar-refractivity contribution is 6.06. The Morgan fingerprint density at radius 1 is 1.19 bits per heavy atom. The lowest BCUT2D eigenvalue weighted by Gasteiger charge is -2.16. The first-order chi connectivity index (χ1) is 12.5. The molecular weight excluding hydrogens is 332 g/mol. The zero-order valence-electron chi connectivity index (χ0n) is 14.4. The summed E-state index contributed by atoms with van der Waals surface area (Å²) in [4.78, 5) is 27.8. The van der Waals surface area contributed by atoms with Crippen molar-refractivity contribution in [3.63, 3.8) is 0 Å². The number of hydrogen-bond acceptors (Lipinski definition) is 6. The Morgan fingerprint density at radius 2 is 1.96 bits per heavy atom. The number of pyridine rings is 1. The van der Waals surface area contributed by atoms with Gasteiger partial charge in [0.25, 0.3) is 0 Å². The molecule has 0 aliphatic rings. The lowest BCUT2D eigenvalue weighted by molar-refractivity contribution is -0.255. The summed E-state index contributed by atoms with van der Waals surface area (Å²) in [5, 5.41) is 15.1. The number of esters is 1. The molecule has 0 unspecified atom stereocenters. The number of carbonyl (C=O) groups is 2. The number of hydrogen-bond donors (Lipinski definition) is 1. The second-order valence-corrected chi connectivity index (χ2v) is 5.73. The van der Waals surface area contributed by atoms with Crippen molar-refractivity contribution in [1.82, 2.24) is 4.98 Å². The summed E-state index contributed by atoms with van der Waals surface area (Å²) in [6, 6.07) is 12.0. The van der Waals surface area contributed by atoms with Crippen molar-refractivity contribution in [3.8, 4) is 0 Å². The lowest BCUT2D eigenvalue weighted by atomic mass is 10.1. The van der Waals surface area contributed by atoms with Crippen molar-refractivity contribution in [1.29, 1.82) is 0 Å². The first-order valence-corrected chi connectivity index (χ1v) is 8.15. The Balaban J connectivity index is 2.17. The molecule has 0 spiro atoms. The second kappa shape index (κ2) is 7.23. The van der Waals surface area contributed by atoms with Crippen LogP contribution in [-0.4, -0.2) is 23.5 Å². The Labute approximate surface area is 150 Å². The Hall–Kier alpha value is -3.41. The molecule has 26 heavy (non-hydrogen) atoms. The average Bonchev–Trinajstić information content (AvgIpc) is 2.63. The van der Waals surface area contributed by atoms with Crippen LogP contribution in [0.2, 0.25) is 0 Å². The van der Waals surface area contributed by atoms with Crippen LogP contribution in [-0.2, 0) is 4.74 Å². The number of carboxylic acids is 1. The number of benzene rings is 2. The first-order valence-electron chi connectivity index (χ1n) is 8.15. The largest absolute Gasteiger partial charge is 0.545 e. The standard InChI is InChI=1S/C20H18N2O4/c1-3-26-20(25)15-11-21-16-7-5-4-6-14(16)18(15)22-17-10-13(19(23)24)9-8-12(17)2/h4-11H,3H2,1-2H3,(H,21,22)(H,23,24)/p-1. The van der Waals surface area contributed by atoms with Crippen LogP contribution in [0.15, 0.2) is 48.7 Å². The van der Waals surface area contributed by atoms with E-state index >= 15 is 0 Å². The highest BCUT2D eigenvalue weighted by Crippen LogP contribution is 2.31. The maximum absolute atomic E-state index is 12.4. The molecule has 6 nitrogen and oxygen atoms in total. The van der Waals surface area contributed by atoms with Gasteiger partial charge in [-0.1, -0.05) is 30.3 Å². The topological polar surface area (TPSA) is 91.3 Å². The van der Waals surface area contributed by atoms with E-state index in [0.717, 1.165) is 10.9 Å². The van der Waals surface area contributed by atoms with Gasteiger partial charge in [-0.3, -0.25) is 4.98 Å². The molecule has 2 aromatic carbocycles. The predicted molar refractivity (Wildman–Crippen MR) is 96.5 cm³/mol. The average molecular weight is 349 g/mol. The van der Waals surface area contributed by atoms with Crippen molar-refractivity contribution >= 4 is 34.2 Å². The molecule has 0 saturated heterocycles. The Morgan fingerprint density at radius 3 is 2.69 bits per heavy atom. The summed E-state index contributed by atoms with van der Waals surface area (Å²) >= 11 is 0. The van der Waals surface area contributed by atoms with Gasteiger partial charge >= 0.3 is 5.97 Å². The number of aromatic carboxylic acids is 1. The fourth-order valence-corrected chi connectivity index (χ4v) is 2.66. The number of aryl methyl sites for hydroxylation is 1. The number of nitrogens with one attached hydrogen (secondary N) is 1. The van der Waals surface area contributed by atoms with Crippen molar-refractivity contribution in [2.24, 2.45) is 0 Å². The van der Waals surface area contributed by atoms with Gasteiger partial charge in [-0.15, -0.1) is 0 Å². The van der Waals surface area contributed by atoms with Crippen LogP contribution >= 0.6 is 0 Å². The minimum absolute atomic E-state index is 0.0501. The van der Waals surface area contributed by atoms with Crippen LogP contribution in [0.1, 0.15) is 33.2 Å². The number of ether oxygens (including phenoxy) is 1. The van der Waals surface area contributed by atoms with E-state index in [4.69, 9.17) is 4.74 Å². The molecule has 6 heteroatoms. The number of carbonyl (C=O) groups excluding carboxylic acids is 2. The summed E-state index contributed by atoms with van der Waals surface area (Å²) in [5.74, 6) is -1.76. The SMILES string of the molecule is CCOC(=O)c1cnc2ccccc2c1Nc1cc(C(=O)[O-])ccc1C. The summed E-state index contributed by atoms with van der Waals surface area (Å²) < 4.78 is 5.12. The molecule has 0 atom stereocenters. The lowest BCUT2D eigenvalue weighted by Crippen LogP contribution is -2.22. The third-order valence-corrected chi connectivity index (χ3v) is 4.00. The van der Waals surface area contributed by atoms with E-state index in [2.05, 4.69) is 10.3 Å². The molecule has 0 aliphatic carbocycles. The second-order valence-electron chi connectivity index (χ2n) is 5.73. The number of rotatable bonds is 5. The molecule has 1 heterocycles. The number of para-hydroxylation sites is 1. The summed E-state index contributed by atoms with van der Waals surface area (Å²) in [6.07, 6.45) is 1.46. The van der Waals surface area contributed by atoms with Gasteiger partial charge in [-0.2, -0.15) is 0 Å². The summed E-state index contributed by atoms with van der Waals surface area (Å²) in [6.45, 7) is 3.81. The smallest absolute Gasteiger partial charge is 0.341 e. The van der Waals surface area contributed by atoms with E-state index in [1.807, 2.05) is 31.2 Å². The quantitative estimate of drug-likeness (QED) is 0.712. The number of fused-ring (bicyclic) bond motifs is 1. The van der Waals surface area contributed by atoms with Gasteiger partial charge in [0.15, 0.2) is 0 Å². The molecule has 1 aromatic heterocycles. The molecule has 0 bridgehead atoms. The van der Waals surface area contributed by atoms with E-state index in [1.54, 1.807) is 13.0 Å². The minimum Gasteiger partial charge on any atom is -0.545 e. The summed E-state index contributed by atoms with van der Waals surface area (Å²) in [5.41, 5.74) is 2.95. The fraction of sp³-hybridized carbons (Fsp3) is 0.150. The number of anilines is 2. The molecular formula is C20H17N2O4-. The first kappa shape index (κ1) is 17.4. The van der Waals surface area contributed by atoms with E-state index in [9.17, 15) is 14.7 Å². The van der Waals surface area contributed by atoms with Crippen molar-refractivity contribution in [3.05, 3.63) is 65.4 Å². The van der Waals surface area contributed by atoms with Crippen LogP contribution in [0.4, 0.5) is 11.4 Å². The maximum Gasteiger partial charge on any atom is 0.341 e. The van der Waals surface area contributed by atoms with Gasteiger partial charge in [0.1, 0.15) is 5.56 Å². The van der Waals surface area contributed by atoms with Gasteiger partial charge in [0.05, 0.1) is 23.8 Å². The zero-order chi connectivity index (χ0) is 18.7. The number of nitrogens with zero attached hydrogens (tertiary/aromatic N) is 1. The molecule has 1 N–H and O–H groups in total. The molecule has 132 valence electrons. The molecule has 3 rings (SSSR count). The molecule has 0 amide bonds. The molecule has 0 saturated carbocycles. The van der Waals surface area contributed by atoms with E-state index in [0.29, 0.717) is 16.9 Å². The van der Waals surface area contributed by atoms with Crippen LogP contribution in [0.3, 0.4) is 0 Å². The highest BCUT2D eigenvalue weighted by atomic mass is 16.5. The Kier molecular flexibility index (Phi) is 4.84. The van der Waals surface area contributed by atoms with Crippen LogP contribution < -0.4 is 10.4 Å². The van der Waals surface area contributed by atoms with Crippen molar-refractivity contribution in [2.75, 3.05) is 11.9 Å². The van der Waals surface area contributed by atoms with E-state index < -0.39 is 11.9 Å². The van der Waals surface area contributed by atoms with Gasteiger partial charge in [-0.05, 0) is 37.1 Å². The van der Waals surface area contributed by atoms with Gasteiger partial charge in [0.2, 0.25) is 0 Å². The third-order valence-electron chi connectivity index (χ3n) is 4.00. The van der Waals surface area contributed by atoms with Crippen LogP contribution in [0.5, 0.6) is 0 Å². The molecule has 0 fully saturated rings. The zero-order valence-corrected chi connectivity index (χ0v) is 14.4. The van der Waals surface area contributed by atoms with Gasteiger partial charge < -0.3 is 20.0 Å². The molecule has 3 aromatic rings. The monoisotopic (exact) mass is 349 g/mol. The predicted octanol–water partition coefficient (Wildman–Crippen LogP) is 2.83. The van der Waals surface area contributed by atoms with E-state index in [-0.39, 0.29) is 17.7 Å². The minimum atomic E-state index is -1.27. The number of carboxylic acid groups (broad SMARTS) is 1.